The van der Waals surface area contributed by atoms with E-state index in [1.54, 1.807) is 24.3 Å². The van der Waals surface area contributed by atoms with E-state index in [4.69, 9.17) is 5.11 Å². The van der Waals surface area contributed by atoms with Crippen LogP contribution in [0.1, 0.15) is 24.0 Å². The minimum atomic E-state index is -3.29. The molecule has 1 atom stereocenters. The highest BCUT2D eigenvalue weighted by molar-refractivity contribution is 8.00. The van der Waals surface area contributed by atoms with Crippen LogP contribution in [0.15, 0.2) is 24.3 Å². The molecule has 0 bridgehead atoms. The Hall–Kier alpha value is -0.560. The van der Waals surface area contributed by atoms with Crippen molar-refractivity contribution in [3.63, 3.8) is 0 Å². The van der Waals surface area contributed by atoms with Crippen LogP contribution in [0.5, 0.6) is 0 Å². The molecule has 19 heavy (non-hydrogen) atoms. The molecular weight excluding hydrogens is 282 g/mol. The number of nitrogens with one attached hydrogen (secondary N) is 1. The number of hydrogen-bond donors (Lipinski definition) is 2. The average Bonchev–Trinajstić information content (AvgIpc) is 2.89. The van der Waals surface area contributed by atoms with Gasteiger partial charge in [0, 0.05) is 11.8 Å². The van der Waals surface area contributed by atoms with E-state index in [1.807, 2.05) is 11.8 Å². The van der Waals surface area contributed by atoms with Crippen molar-refractivity contribution in [2.24, 2.45) is 0 Å². The summed E-state index contributed by atoms with van der Waals surface area (Å²) in [7, 11) is -3.29. The number of rotatable bonds is 6. The Morgan fingerprint density at radius 3 is 2.84 bits per heavy atom. The van der Waals surface area contributed by atoms with Crippen LogP contribution in [0.25, 0.3) is 0 Å². The Labute approximate surface area is 118 Å². The van der Waals surface area contributed by atoms with Gasteiger partial charge in [-0.3, -0.25) is 0 Å². The maximum atomic E-state index is 12.0. The van der Waals surface area contributed by atoms with Gasteiger partial charge in [0.15, 0.2) is 0 Å². The molecule has 2 rings (SSSR count). The highest BCUT2D eigenvalue weighted by Gasteiger charge is 2.19. The maximum absolute atomic E-state index is 12.0. The highest BCUT2D eigenvalue weighted by atomic mass is 32.2. The molecular formula is C13H19NO3S2. The first kappa shape index (κ1) is 14.8. The van der Waals surface area contributed by atoms with Gasteiger partial charge in [0.2, 0.25) is 10.0 Å². The minimum absolute atomic E-state index is 0.0295. The molecule has 2 N–H and O–H groups in total. The van der Waals surface area contributed by atoms with Gasteiger partial charge in [-0.05, 0) is 29.7 Å². The standard InChI is InChI=1S/C13H19NO3S2/c15-9-11-3-1-4-12(7-11)10-19(16,17)14-8-13-5-2-6-18-13/h1,3-4,7,13-15H,2,5-6,8-10H2. The molecule has 0 saturated carbocycles. The van der Waals surface area contributed by atoms with Gasteiger partial charge in [0.05, 0.1) is 12.4 Å². The van der Waals surface area contributed by atoms with E-state index in [-0.39, 0.29) is 12.4 Å². The lowest BCUT2D eigenvalue weighted by molar-refractivity contribution is 0.282. The summed E-state index contributed by atoms with van der Waals surface area (Å²) in [6.07, 6.45) is 2.27. The summed E-state index contributed by atoms with van der Waals surface area (Å²) >= 11 is 1.84. The van der Waals surface area contributed by atoms with E-state index in [2.05, 4.69) is 4.72 Å². The van der Waals surface area contributed by atoms with Crippen molar-refractivity contribution in [3.8, 4) is 0 Å². The van der Waals surface area contributed by atoms with Gasteiger partial charge in [0.25, 0.3) is 0 Å². The molecule has 1 aromatic carbocycles. The monoisotopic (exact) mass is 301 g/mol. The normalized spacial score (nSPS) is 19.7. The van der Waals surface area contributed by atoms with Gasteiger partial charge in [-0.25, -0.2) is 13.1 Å². The van der Waals surface area contributed by atoms with Crippen molar-refractivity contribution in [2.75, 3.05) is 12.3 Å². The first-order valence-electron chi connectivity index (χ1n) is 6.37. The molecule has 1 aliphatic heterocycles. The van der Waals surface area contributed by atoms with E-state index >= 15 is 0 Å². The molecule has 0 amide bonds. The SMILES string of the molecule is O=S(=O)(Cc1cccc(CO)c1)NCC1CCCS1. The summed E-state index contributed by atoms with van der Waals surface area (Å²) in [4.78, 5) is 0. The van der Waals surface area contributed by atoms with Crippen LogP contribution in [0, 0.1) is 0 Å². The second-order valence-electron chi connectivity index (χ2n) is 4.72. The van der Waals surface area contributed by atoms with Gasteiger partial charge < -0.3 is 5.11 Å². The molecule has 1 aromatic rings. The third kappa shape index (κ3) is 4.80. The van der Waals surface area contributed by atoms with Crippen LogP contribution < -0.4 is 4.72 Å². The van der Waals surface area contributed by atoms with Crippen molar-refractivity contribution >= 4 is 21.8 Å². The highest BCUT2D eigenvalue weighted by Crippen LogP contribution is 2.25. The zero-order valence-corrected chi connectivity index (χ0v) is 12.3. The lowest BCUT2D eigenvalue weighted by atomic mass is 10.1. The smallest absolute Gasteiger partial charge is 0.215 e. The van der Waals surface area contributed by atoms with Crippen molar-refractivity contribution in [1.29, 1.82) is 0 Å². The Bertz CT molecular complexity index is 510. The van der Waals surface area contributed by atoms with Gasteiger partial charge >= 0.3 is 0 Å². The summed E-state index contributed by atoms with van der Waals surface area (Å²) in [6, 6.07) is 7.04. The third-order valence-electron chi connectivity index (χ3n) is 3.09. The molecule has 0 spiro atoms. The van der Waals surface area contributed by atoms with E-state index in [1.165, 1.54) is 6.42 Å². The average molecular weight is 301 g/mol. The largest absolute Gasteiger partial charge is 0.392 e. The fourth-order valence-corrected chi connectivity index (χ4v) is 4.60. The molecule has 4 nitrogen and oxygen atoms in total. The second kappa shape index (κ2) is 6.74. The summed E-state index contributed by atoms with van der Waals surface area (Å²) in [6.45, 7) is 0.451. The van der Waals surface area contributed by atoms with E-state index in [9.17, 15) is 8.42 Å². The van der Waals surface area contributed by atoms with Crippen molar-refractivity contribution in [1.82, 2.24) is 4.72 Å². The van der Waals surface area contributed by atoms with E-state index < -0.39 is 10.0 Å². The lowest BCUT2D eigenvalue weighted by Crippen LogP contribution is -2.30. The summed E-state index contributed by atoms with van der Waals surface area (Å²) < 4.78 is 26.6. The van der Waals surface area contributed by atoms with Crippen molar-refractivity contribution in [2.45, 2.75) is 30.5 Å². The van der Waals surface area contributed by atoms with Gasteiger partial charge in [-0.1, -0.05) is 24.3 Å². The Morgan fingerprint density at radius 1 is 1.37 bits per heavy atom. The zero-order chi connectivity index (χ0) is 13.7. The first-order chi connectivity index (χ1) is 9.09. The number of hydrogen-bond acceptors (Lipinski definition) is 4. The predicted octanol–water partition coefficient (Wildman–Crippen LogP) is 1.49. The van der Waals surface area contributed by atoms with Crippen LogP contribution in [0.3, 0.4) is 0 Å². The summed E-state index contributed by atoms with van der Waals surface area (Å²) in [5, 5.41) is 9.45. The second-order valence-corrected chi connectivity index (χ2v) is 7.94. The Morgan fingerprint density at radius 2 is 2.16 bits per heavy atom. The quantitative estimate of drug-likeness (QED) is 0.835. The summed E-state index contributed by atoms with van der Waals surface area (Å²) in [5.74, 6) is 1.10. The van der Waals surface area contributed by atoms with Crippen LogP contribution in [-0.4, -0.2) is 31.1 Å². The summed E-state index contributed by atoms with van der Waals surface area (Å²) in [5.41, 5.74) is 1.44. The van der Waals surface area contributed by atoms with Crippen LogP contribution in [-0.2, 0) is 22.4 Å². The molecule has 1 saturated heterocycles. The fourth-order valence-electron chi connectivity index (χ4n) is 2.11. The molecule has 1 aliphatic rings. The lowest BCUT2D eigenvalue weighted by Gasteiger charge is -2.11. The number of sulfonamides is 1. The van der Waals surface area contributed by atoms with Crippen molar-refractivity contribution in [3.05, 3.63) is 35.4 Å². The molecule has 1 heterocycles. The van der Waals surface area contributed by atoms with Gasteiger partial charge in [-0.15, -0.1) is 0 Å². The molecule has 0 aromatic heterocycles. The van der Waals surface area contributed by atoms with Crippen LogP contribution in [0.4, 0.5) is 0 Å². The topological polar surface area (TPSA) is 66.4 Å². The number of aliphatic hydroxyl groups is 1. The van der Waals surface area contributed by atoms with Crippen LogP contribution in [0.2, 0.25) is 0 Å². The van der Waals surface area contributed by atoms with Crippen molar-refractivity contribution < 1.29 is 13.5 Å². The predicted molar refractivity (Wildman–Crippen MR) is 78.5 cm³/mol. The fraction of sp³-hybridized carbons (Fsp3) is 0.538. The Balaban J connectivity index is 1.91. The third-order valence-corrected chi connectivity index (χ3v) is 5.80. The zero-order valence-electron chi connectivity index (χ0n) is 10.7. The van der Waals surface area contributed by atoms with Gasteiger partial charge in [0.1, 0.15) is 0 Å². The molecule has 1 fully saturated rings. The maximum Gasteiger partial charge on any atom is 0.215 e. The Kier molecular flexibility index (Phi) is 5.27. The first-order valence-corrected chi connectivity index (χ1v) is 9.07. The molecule has 106 valence electrons. The molecule has 6 heteroatoms. The minimum Gasteiger partial charge on any atom is -0.392 e. The molecule has 0 aliphatic carbocycles. The molecule has 0 radical (unpaired) electrons. The van der Waals surface area contributed by atoms with Gasteiger partial charge in [-0.2, -0.15) is 11.8 Å². The number of thioether (sulfide) groups is 1. The number of aliphatic hydroxyl groups excluding tert-OH is 1. The van der Waals surface area contributed by atoms with E-state index in [0.29, 0.717) is 17.4 Å². The van der Waals surface area contributed by atoms with E-state index in [0.717, 1.165) is 17.7 Å². The van der Waals surface area contributed by atoms with Crippen LogP contribution >= 0.6 is 11.8 Å². The molecule has 1 unspecified atom stereocenters. The number of benzene rings is 1.